The first-order valence-corrected chi connectivity index (χ1v) is 12.0. The number of aryl methyl sites for hydroxylation is 1. The summed E-state index contributed by atoms with van der Waals surface area (Å²) in [7, 11) is 0. The summed E-state index contributed by atoms with van der Waals surface area (Å²) < 4.78 is 0. The minimum atomic E-state index is -0.913. The van der Waals surface area contributed by atoms with Crippen molar-refractivity contribution >= 4 is 29.2 Å². The van der Waals surface area contributed by atoms with E-state index in [1.807, 2.05) is 60.7 Å². The Bertz CT molecular complexity index is 1190. The van der Waals surface area contributed by atoms with E-state index >= 15 is 0 Å². The van der Waals surface area contributed by atoms with E-state index < -0.39 is 11.4 Å². The monoisotopic (exact) mass is 470 g/mol. The Morgan fingerprint density at radius 3 is 1.74 bits per heavy atom. The van der Waals surface area contributed by atoms with Crippen molar-refractivity contribution < 1.29 is 19.5 Å². The maximum absolute atomic E-state index is 12.8. The number of benzene rings is 3. The summed E-state index contributed by atoms with van der Waals surface area (Å²) in [5, 5.41) is 15.3. The van der Waals surface area contributed by atoms with Gasteiger partial charge in [0.1, 0.15) is 0 Å². The topological polar surface area (TPSA) is 95.5 Å². The van der Waals surface area contributed by atoms with Gasteiger partial charge in [0, 0.05) is 23.4 Å². The third-order valence-corrected chi connectivity index (χ3v) is 6.82. The molecule has 3 N–H and O–H groups in total. The molecular formula is C29H30N2O4. The molecule has 0 radical (unpaired) electrons. The van der Waals surface area contributed by atoms with Gasteiger partial charge in [-0.15, -0.1) is 0 Å². The van der Waals surface area contributed by atoms with Crippen LogP contribution in [0.25, 0.3) is 11.1 Å². The maximum Gasteiger partial charge on any atom is 0.323 e. The van der Waals surface area contributed by atoms with E-state index in [2.05, 4.69) is 17.6 Å². The molecule has 1 fully saturated rings. The zero-order valence-corrected chi connectivity index (χ0v) is 19.8. The number of hydrogen-bond donors (Lipinski definition) is 3. The van der Waals surface area contributed by atoms with Crippen molar-refractivity contribution in [2.75, 3.05) is 10.6 Å². The molecule has 0 aliphatic heterocycles. The number of Topliss-reactive ketones (excluding diaryl/α,β-unsaturated/α-hetero) is 1. The van der Waals surface area contributed by atoms with Crippen LogP contribution in [0.1, 0.15) is 54.9 Å². The highest BCUT2D eigenvalue weighted by atomic mass is 16.4. The summed E-state index contributed by atoms with van der Waals surface area (Å²) in [4.78, 5) is 36.8. The van der Waals surface area contributed by atoms with Crippen LogP contribution < -0.4 is 10.6 Å². The molecule has 180 valence electrons. The lowest BCUT2D eigenvalue weighted by Crippen LogP contribution is -2.30. The number of ketones is 1. The third kappa shape index (κ3) is 5.77. The molecule has 1 saturated carbocycles. The molecule has 35 heavy (non-hydrogen) atoms. The van der Waals surface area contributed by atoms with Gasteiger partial charge in [0.2, 0.25) is 0 Å². The van der Waals surface area contributed by atoms with E-state index in [0.29, 0.717) is 24.1 Å². The van der Waals surface area contributed by atoms with Crippen LogP contribution in [0, 0.1) is 5.41 Å². The summed E-state index contributed by atoms with van der Waals surface area (Å²) in [6.45, 7) is 2.08. The Kier molecular flexibility index (Phi) is 7.30. The molecule has 0 spiro atoms. The van der Waals surface area contributed by atoms with Crippen LogP contribution in [-0.4, -0.2) is 22.9 Å². The zero-order chi connectivity index (χ0) is 24.8. The summed E-state index contributed by atoms with van der Waals surface area (Å²) in [5.74, 6) is -0.993. The first-order chi connectivity index (χ1) is 16.9. The number of carboxylic acid groups (broad SMARTS) is 1. The van der Waals surface area contributed by atoms with Crippen LogP contribution in [0.5, 0.6) is 0 Å². The lowest BCUT2D eigenvalue weighted by Gasteiger charge is -2.22. The number of amides is 2. The van der Waals surface area contributed by atoms with Crippen LogP contribution in [0.2, 0.25) is 0 Å². The molecule has 3 aromatic rings. The fourth-order valence-electron chi connectivity index (χ4n) is 4.64. The second-order valence-electron chi connectivity index (χ2n) is 9.18. The van der Waals surface area contributed by atoms with Gasteiger partial charge in [-0.2, -0.15) is 0 Å². The fraction of sp³-hybridized carbons (Fsp3) is 0.276. The lowest BCUT2D eigenvalue weighted by atomic mass is 9.80. The average molecular weight is 471 g/mol. The molecule has 1 aliphatic rings. The number of carboxylic acids is 1. The molecule has 0 bridgehead atoms. The summed E-state index contributed by atoms with van der Waals surface area (Å²) >= 11 is 0. The predicted molar refractivity (Wildman–Crippen MR) is 138 cm³/mol. The van der Waals surface area contributed by atoms with E-state index in [4.69, 9.17) is 0 Å². The molecule has 6 heteroatoms. The lowest BCUT2D eigenvalue weighted by molar-refractivity contribution is -0.148. The average Bonchev–Trinajstić information content (AvgIpc) is 3.35. The number of carbonyl (C=O) groups excluding carboxylic acids is 2. The smallest absolute Gasteiger partial charge is 0.323 e. The van der Waals surface area contributed by atoms with E-state index in [1.165, 1.54) is 5.56 Å². The molecule has 6 nitrogen and oxygen atoms in total. The number of rotatable bonds is 8. The van der Waals surface area contributed by atoms with Gasteiger partial charge in [-0.25, -0.2) is 4.79 Å². The second-order valence-corrected chi connectivity index (χ2v) is 9.18. The molecule has 1 aliphatic carbocycles. The van der Waals surface area contributed by atoms with Gasteiger partial charge < -0.3 is 15.7 Å². The Morgan fingerprint density at radius 2 is 1.26 bits per heavy atom. The fourth-order valence-corrected chi connectivity index (χ4v) is 4.64. The van der Waals surface area contributed by atoms with E-state index in [-0.39, 0.29) is 18.2 Å². The minimum Gasteiger partial charge on any atom is -0.481 e. The van der Waals surface area contributed by atoms with Gasteiger partial charge in [0.25, 0.3) is 0 Å². The molecular weight excluding hydrogens is 440 g/mol. The normalized spacial score (nSPS) is 14.3. The highest BCUT2D eigenvalue weighted by Crippen LogP contribution is 2.42. The number of nitrogens with one attached hydrogen (secondary N) is 2. The van der Waals surface area contributed by atoms with Crippen molar-refractivity contribution in [2.45, 2.75) is 45.4 Å². The van der Waals surface area contributed by atoms with Crippen molar-refractivity contribution in [3.05, 3.63) is 83.9 Å². The van der Waals surface area contributed by atoms with Crippen molar-refractivity contribution in [1.82, 2.24) is 0 Å². The highest BCUT2D eigenvalue weighted by molar-refractivity contribution is 6.00. The van der Waals surface area contributed by atoms with Gasteiger partial charge >= 0.3 is 12.0 Å². The Morgan fingerprint density at radius 1 is 0.771 bits per heavy atom. The summed E-state index contributed by atoms with van der Waals surface area (Å²) in [6, 6.07) is 22.1. The molecule has 3 aromatic carbocycles. The predicted octanol–water partition coefficient (Wildman–Crippen LogP) is 6.78. The van der Waals surface area contributed by atoms with E-state index in [9.17, 15) is 19.5 Å². The Hall–Kier alpha value is -3.93. The molecule has 0 atom stereocenters. The summed E-state index contributed by atoms with van der Waals surface area (Å²) in [6.07, 6.45) is 3.84. The standard InChI is InChI=1S/C29H30N2O4/c1-2-20-5-13-24(14-6-20)30-28(35)31-25-15-11-22(12-16-25)21-7-9-23(10-8-21)26(32)19-29(27(33)34)17-3-4-18-29/h5-16H,2-4,17-19H2,1H3,(H,33,34)(H2,30,31,35). The number of aliphatic carboxylic acids is 1. The van der Waals surface area contributed by atoms with Gasteiger partial charge in [0.15, 0.2) is 5.78 Å². The quantitative estimate of drug-likeness (QED) is 0.316. The molecule has 0 unspecified atom stereocenters. The van der Waals surface area contributed by atoms with Gasteiger partial charge in [-0.3, -0.25) is 9.59 Å². The van der Waals surface area contributed by atoms with Crippen LogP contribution >= 0.6 is 0 Å². The first kappa shape index (κ1) is 24.2. The van der Waals surface area contributed by atoms with E-state index in [1.54, 1.807) is 12.1 Å². The first-order valence-electron chi connectivity index (χ1n) is 12.0. The van der Waals surface area contributed by atoms with Crippen LogP contribution in [0.3, 0.4) is 0 Å². The van der Waals surface area contributed by atoms with Gasteiger partial charge in [0.05, 0.1) is 5.41 Å². The Labute approximate surface area is 205 Å². The van der Waals surface area contributed by atoms with Crippen molar-refractivity contribution in [3.8, 4) is 11.1 Å². The van der Waals surface area contributed by atoms with Crippen LogP contribution in [-0.2, 0) is 11.2 Å². The SMILES string of the molecule is CCc1ccc(NC(=O)Nc2ccc(-c3ccc(C(=O)CC4(C(=O)O)CCCC4)cc3)cc2)cc1. The van der Waals surface area contributed by atoms with E-state index in [0.717, 1.165) is 36.1 Å². The summed E-state index contributed by atoms with van der Waals surface area (Å²) in [5.41, 5.74) is 4.10. The maximum atomic E-state index is 12.8. The molecule has 2 amide bonds. The van der Waals surface area contributed by atoms with Crippen molar-refractivity contribution in [1.29, 1.82) is 0 Å². The van der Waals surface area contributed by atoms with Gasteiger partial charge in [-0.1, -0.05) is 68.3 Å². The Balaban J connectivity index is 1.36. The second kappa shape index (κ2) is 10.6. The minimum absolute atomic E-state index is 0.0485. The largest absolute Gasteiger partial charge is 0.481 e. The van der Waals surface area contributed by atoms with Crippen molar-refractivity contribution in [2.24, 2.45) is 5.41 Å². The van der Waals surface area contributed by atoms with Crippen LogP contribution in [0.4, 0.5) is 16.2 Å². The number of urea groups is 1. The highest BCUT2D eigenvalue weighted by Gasteiger charge is 2.42. The number of anilines is 2. The molecule has 0 heterocycles. The number of carbonyl (C=O) groups is 3. The zero-order valence-electron chi connectivity index (χ0n) is 19.8. The third-order valence-electron chi connectivity index (χ3n) is 6.82. The number of hydrogen-bond acceptors (Lipinski definition) is 3. The molecule has 0 aromatic heterocycles. The van der Waals surface area contributed by atoms with Gasteiger partial charge in [-0.05, 0) is 60.2 Å². The van der Waals surface area contributed by atoms with Crippen LogP contribution in [0.15, 0.2) is 72.8 Å². The molecule has 4 rings (SSSR count). The molecule has 0 saturated heterocycles. The van der Waals surface area contributed by atoms with Crippen molar-refractivity contribution in [3.63, 3.8) is 0 Å².